The number of hydrogen-bond donors (Lipinski definition) is 0. The van der Waals surface area contributed by atoms with Gasteiger partial charge in [0, 0.05) is 48.7 Å². The summed E-state index contributed by atoms with van der Waals surface area (Å²) in [5.74, 6) is 1.54. The standard InChI is InChI=1S/C22H24N6O/c29-21-8-7-20(17-3-1-10-23-13-17)26-28(21)15-19-4-2-12-27(19)14-18-9-11-24-22(25-18)16-5-6-16/h1,3,7-11,13,16,19H,2,4-6,12,14-15H2. The first kappa shape index (κ1) is 18.1. The summed E-state index contributed by atoms with van der Waals surface area (Å²) < 4.78 is 1.60. The molecule has 0 amide bonds. The molecule has 1 aliphatic heterocycles. The van der Waals surface area contributed by atoms with Gasteiger partial charge in [0.1, 0.15) is 5.82 Å². The summed E-state index contributed by atoms with van der Waals surface area (Å²) in [7, 11) is 0. The Hall–Kier alpha value is -2.93. The van der Waals surface area contributed by atoms with Crippen molar-refractivity contribution >= 4 is 0 Å². The number of rotatable bonds is 6. The Morgan fingerprint density at radius 1 is 1.07 bits per heavy atom. The van der Waals surface area contributed by atoms with Crippen LogP contribution in [0.5, 0.6) is 0 Å². The van der Waals surface area contributed by atoms with E-state index in [1.807, 2.05) is 24.4 Å². The lowest BCUT2D eigenvalue weighted by atomic mass is 10.2. The van der Waals surface area contributed by atoms with Crippen molar-refractivity contribution in [3.8, 4) is 11.3 Å². The van der Waals surface area contributed by atoms with Crippen LogP contribution in [0.1, 0.15) is 43.1 Å². The molecule has 4 heterocycles. The quantitative estimate of drug-likeness (QED) is 0.646. The summed E-state index contributed by atoms with van der Waals surface area (Å²) in [4.78, 5) is 28.2. The van der Waals surface area contributed by atoms with Gasteiger partial charge in [-0.1, -0.05) is 0 Å². The molecule has 0 N–H and O–H groups in total. The summed E-state index contributed by atoms with van der Waals surface area (Å²) in [5.41, 5.74) is 2.69. The molecule has 0 aromatic carbocycles. The van der Waals surface area contributed by atoms with Gasteiger partial charge in [0.05, 0.1) is 17.9 Å². The molecule has 148 valence electrons. The van der Waals surface area contributed by atoms with E-state index in [2.05, 4.69) is 20.0 Å². The van der Waals surface area contributed by atoms with Gasteiger partial charge in [0.2, 0.25) is 0 Å². The van der Waals surface area contributed by atoms with Crippen LogP contribution in [0.2, 0.25) is 0 Å². The highest BCUT2D eigenvalue weighted by Crippen LogP contribution is 2.37. The summed E-state index contributed by atoms with van der Waals surface area (Å²) in [6, 6.07) is 9.49. The largest absolute Gasteiger partial charge is 0.293 e. The molecule has 1 atom stereocenters. The molecule has 1 saturated carbocycles. The van der Waals surface area contributed by atoms with Crippen LogP contribution in [-0.2, 0) is 13.1 Å². The Morgan fingerprint density at radius 2 is 2.00 bits per heavy atom. The first-order valence-corrected chi connectivity index (χ1v) is 10.3. The molecule has 29 heavy (non-hydrogen) atoms. The van der Waals surface area contributed by atoms with Crippen LogP contribution >= 0.6 is 0 Å². The van der Waals surface area contributed by atoms with Crippen LogP contribution < -0.4 is 5.56 Å². The van der Waals surface area contributed by atoms with Gasteiger partial charge in [-0.2, -0.15) is 5.10 Å². The minimum atomic E-state index is -0.0671. The van der Waals surface area contributed by atoms with Crippen molar-refractivity contribution in [3.05, 3.63) is 70.8 Å². The lowest BCUT2D eigenvalue weighted by molar-refractivity contribution is 0.214. The van der Waals surface area contributed by atoms with Crippen molar-refractivity contribution in [1.29, 1.82) is 0 Å². The molecule has 1 unspecified atom stereocenters. The third kappa shape index (κ3) is 4.10. The number of likely N-dealkylation sites (tertiary alicyclic amines) is 1. The Labute approximate surface area is 169 Å². The van der Waals surface area contributed by atoms with E-state index in [-0.39, 0.29) is 11.6 Å². The smallest absolute Gasteiger partial charge is 0.266 e. The van der Waals surface area contributed by atoms with E-state index < -0.39 is 0 Å². The Balaban J connectivity index is 1.33. The molecule has 0 radical (unpaired) electrons. The average Bonchev–Trinajstić information content (AvgIpc) is 3.52. The van der Waals surface area contributed by atoms with Crippen LogP contribution in [0.25, 0.3) is 11.3 Å². The fourth-order valence-corrected chi connectivity index (χ4v) is 4.00. The number of pyridine rings is 1. The molecule has 0 spiro atoms. The molecule has 2 aliphatic rings. The van der Waals surface area contributed by atoms with Gasteiger partial charge >= 0.3 is 0 Å². The van der Waals surface area contributed by atoms with Crippen LogP contribution in [0.15, 0.2) is 53.7 Å². The van der Waals surface area contributed by atoms with Crippen LogP contribution in [0.3, 0.4) is 0 Å². The van der Waals surface area contributed by atoms with Gasteiger partial charge in [-0.15, -0.1) is 0 Å². The third-order valence-corrected chi connectivity index (χ3v) is 5.75. The van der Waals surface area contributed by atoms with Gasteiger partial charge in [-0.25, -0.2) is 14.6 Å². The molecular weight excluding hydrogens is 364 g/mol. The molecule has 1 saturated heterocycles. The Morgan fingerprint density at radius 3 is 2.83 bits per heavy atom. The van der Waals surface area contributed by atoms with Crippen LogP contribution in [-0.4, -0.2) is 42.2 Å². The maximum Gasteiger partial charge on any atom is 0.266 e. The molecule has 3 aromatic rings. The maximum absolute atomic E-state index is 12.4. The molecule has 7 heteroatoms. The monoisotopic (exact) mass is 388 g/mol. The van der Waals surface area contributed by atoms with E-state index >= 15 is 0 Å². The fraction of sp³-hybridized carbons (Fsp3) is 0.409. The summed E-state index contributed by atoms with van der Waals surface area (Å²) >= 11 is 0. The minimum absolute atomic E-state index is 0.0671. The fourth-order valence-electron chi connectivity index (χ4n) is 4.00. The van der Waals surface area contributed by atoms with Crippen molar-refractivity contribution in [3.63, 3.8) is 0 Å². The highest BCUT2D eigenvalue weighted by atomic mass is 16.1. The zero-order valence-corrected chi connectivity index (χ0v) is 16.3. The van der Waals surface area contributed by atoms with Crippen molar-refractivity contribution in [2.45, 2.75) is 50.7 Å². The molecule has 3 aromatic heterocycles. The van der Waals surface area contributed by atoms with Gasteiger partial charge in [0.15, 0.2) is 0 Å². The molecule has 0 bridgehead atoms. The zero-order valence-electron chi connectivity index (χ0n) is 16.3. The second-order valence-corrected chi connectivity index (χ2v) is 7.93. The molecular formula is C22H24N6O. The van der Waals surface area contributed by atoms with E-state index in [0.29, 0.717) is 12.5 Å². The summed E-state index contributed by atoms with van der Waals surface area (Å²) in [5, 5.41) is 4.60. The van der Waals surface area contributed by atoms with Crippen molar-refractivity contribution in [1.82, 2.24) is 29.6 Å². The predicted octanol–water partition coefficient (Wildman–Crippen LogP) is 2.64. The van der Waals surface area contributed by atoms with E-state index in [4.69, 9.17) is 4.98 Å². The second-order valence-electron chi connectivity index (χ2n) is 7.93. The maximum atomic E-state index is 12.4. The number of nitrogens with zero attached hydrogens (tertiary/aromatic N) is 6. The third-order valence-electron chi connectivity index (χ3n) is 5.75. The van der Waals surface area contributed by atoms with Crippen molar-refractivity contribution in [2.24, 2.45) is 0 Å². The second kappa shape index (κ2) is 7.83. The highest BCUT2D eigenvalue weighted by Gasteiger charge is 2.28. The summed E-state index contributed by atoms with van der Waals surface area (Å²) in [6.07, 6.45) is 9.98. The average molecular weight is 388 g/mol. The van der Waals surface area contributed by atoms with Gasteiger partial charge in [0.25, 0.3) is 5.56 Å². The van der Waals surface area contributed by atoms with Crippen LogP contribution in [0.4, 0.5) is 0 Å². The Bertz CT molecular complexity index is 1050. The van der Waals surface area contributed by atoms with Crippen molar-refractivity contribution in [2.75, 3.05) is 6.54 Å². The van der Waals surface area contributed by atoms with Crippen LogP contribution in [0, 0.1) is 0 Å². The molecule has 7 nitrogen and oxygen atoms in total. The lowest BCUT2D eigenvalue weighted by Gasteiger charge is -2.24. The SMILES string of the molecule is O=c1ccc(-c2cccnc2)nn1CC1CCCN1Cc1ccnc(C2CC2)n1. The van der Waals surface area contributed by atoms with E-state index in [9.17, 15) is 4.79 Å². The minimum Gasteiger partial charge on any atom is -0.293 e. The Kier molecular flexibility index (Phi) is 4.89. The lowest BCUT2D eigenvalue weighted by Crippen LogP contribution is -2.36. The van der Waals surface area contributed by atoms with Crippen molar-refractivity contribution < 1.29 is 0 Å². The van der Waals surface area contributed by atoms with Gasteiger partial charge < -0.3 is 0 Å². The molecule has 2 fully saturated rings. The highest BCUT2D eigenvalue weighted by molar-refractivity contribution is 5.56. The molecule has 5 rings (SSSR count). The predicted molar refractivity (Wildman–Crippen MR) is 109 cm³/mol. The van der Waals surface area contributed by atoms with E-state index in [1.54, 1.807) is 29.2 Å². The van der Waals surface area contributed by atoms with Gasteiger partial charge in [-0.05, 0) is 56.5 Å². The number of aromatic nitrogens is 5. The topological polar surface area (TPSA) is 76.8 Å². The molecule has 1 aliphatic carbocycles. The first-order chi connectivity index (χ1) is 14.3. The first-order valence-electron chi connectivity index (χ1n) is 10.3. The number of hydrogen-bond acceptors (Lipinski definition) is 6. The summed E-state index contributed by atoms with van der Waals surface area (Å²) in [6.45, 7) is 2.40. The van der Waals surface area contributed by atoms with E-state index in [1.165, 1.54) is 12.8 Å². The normalized spacial score (nSPS) is 19.5. The van der Waals surface area contributed by atoms with E-state index in [0.717, 1.165) is 48.7 Å². The van der Waals surface area contributed by atoms with Gasteiger partial charge in [-0.3, -0.25) is 14.7 Å². The zero-order chi connectivity index (χ0) is 19.6.